The van der Waals surface area contributed by atoms with E-state index in [1.165, 1.54) is 10.9 Å². The number of aromatic nitrogens is 1. The molecular formula is C17H15N3. The number of rotatable bonds is 3. The van der Waals surface area contributed by atoms with Crippen molar-refractivity contribution in [1.82, 2.24) is 4.57 Å². The SMILES string of the molecule is N#Cc1cccc(Cn2ccc3cc(CN)ccc32)c1. The van der Waals surface area contributed by atoms with Crippen LogP contribution < -0.4 is 5.73 Å². The van der Waals surface area contributed by atoms with Gasteiger partial charge in [0, 0.05) is 24.8 Å². The lowest BCUT2D eigenvalue weighted by Crippen LogP contribution is -1.99. The molecule has 3 heteroatoms. The highest BCUT2D eigenvalue weighted by molar-refractivity contribution is 5.81. The molecule has 1 heterocycles. The van der Waals surface area contributed by atoms with Crippen LogP contribution in [0.5, 0.6) is 0 Å². The van der Waals surface area contributed by atoms with E-state index in [4.69, 9.17) is 11.0 Å². The Balaban J connectivity index is 1.96. The number of nitrogens with two attached hydrogens (primary N) is 1. The minimum Gasteiger partial charge on any atom is -0.343 e. The molecule has 2 aromatic carbocycles. The number of fused-ring (bicyclic) bond motifs is 1. The maximum absolute atomic E-state index is 8.95. The third-order valence-electron chi connectivity index (χ3n) is 3.48. The lowest BCUT2D eigenvalue weighted by atomic mass is 10.1. The predicted octanol–water partition coefficient (Wildman–Crippen LogP) is 3.02. The molecule has 3 nitrogen and oxygen atoms in total. The fourth-order valence-corrected chi connectivity index (χ4v) is 2.45. The minimum absolute atomic E-state index is 0.561. The Morgan fingerprint density at radius 1 is 1.05 bits per heavy atom. The Morgan fingerprint density at radius 2 is 1.95 bits per heavy atom. The smallest absolute Gasteiger partial charge is 0.0991 e. The summed E-state index contributed by atoms with van der Waals surface area (Å²) in [6.07, 6.45) is 2.07. The molecule has 0 saturated carbocycles. The zero-order valence-electron chi connectivity index (χ0n) is 11.1. The van der Waals surface area contributed by atoms with Crippen LogP contribution in [-0.4, -0.2) is 4.57 Å². The van der Waals surface area contributed by atoms with E-state index in [0.29, 0.717) is 12.1 Å². The van der Waals surface area contributed by atoms with Gasteiger partial charge in [0.05, 0.1) is 11.6 Å². The van der Waals surface area contributed by atoms with Gasteiger partial charge in [-0.05, 0) is 46.8 Å². The van der Waals surface area contributed by atoms with Gasteiger partial charge < -0.3 is 10.3 Å². The summed E-state index contributed by atoms with van der Waals surface area (Å²) in [5.41, 5.74) is 9.82. The van der Waals surface area contributed by atoms with Gasteiger partial charge in [0.15, 0.2) is 0 Å². The molecule has 0 saturated heterocycles. The monoisotopic (exact) mass is 261 g/mol. The van der Waals surface area contributed by atoms with Gasteiger partial charge in [-0.25, -0.2) is 0 Å². The zero-order valence-corrected chi connectivity index (χ0v) is 11.1. The average molecular weight is 261 g/mol. The molecule has 0 aliphatic carbocycles. The zero-order chi connectivity index (χ0) is 13.9. The normalized spacial score (nSPS) is 10.6. The van der Waals surface area contributed by atoms with Gasteiger partial charge in [-0.1, -0.05) is 18.2 Å². The van der Waals surface area contributed by atoms with Crippen LogP contribution in [0.3, 0.4) is 0 Å². The lowest BCUT2D eigenvalue weighted by molar-refractivity contribution is 0.836. The molecule has 2 N–H and O–H groups in total. The first-order chi connectivity index (χ1) is 9.80. The van der Waals surface area contributed by atoms with Gasteiger partial charge in [-0.3, -0.25) is 0 Å². The first-order valence-corrected chi connectivity index (χ1v) is 6.57. The summed E-state index contributed by atoms with van der Waals surface area (Å²) in [4.78, 5) is 0. The summed E-state index contributed by atoms with van der Waals surface area (Å²) in [6, 6.07) is 18.3. The van der Waals surface area contributed by atoms with Crippen LogP contribution in [-0.2, 0) is 13.1 Å². The molecule has 0 amide bonds. The van der Waals surface area contributed by atoms with Crippen molar-refractivity contribution in [3.63, 3.8) is 0 Å². The Labute approximate surface area is 117 Å². The first kappa shape index (κ1) is 12.5. The highest BCUT2D eigenvalue weighted by Crippen LogP contribution is 2.19. The van der Waals surface area contributed by atoms with Crippen LogP contribution in [0, 0.1) is 11.3 Å². The molecule has 0 unspecified atom stereocenters. The minimum atomic E-state index is 0.561. The van der Waals surface area contributed by atoms with Crippen molar-refractivity contribution in [3.8, 4) is 6.07 Å². The maximum Gasteiger partial charge on any atom is 0.0991 e. The van der Waals surface area contributed by atoms with Crippen molar-refractivity contribution >= 4 is 10.9 Å². The van der Waals surface area contributed by atoms with E-state index >= 15 is 0 Å². The van der Waals surface area contributed by atoms with Gasteiger partial charge >= 0.3 is 0 Å². The fourth-order valence-electron chi connectivity index (χ4n) is 2.45. The van der Waals surface area contributed by atoms with E-state index in [1.54, 1.807) is 0 Å². The quantitative estimate of drug-likeness (QED) is 0.788. The first-order valence-electron chi connectivity index (χ1n) is 6.57. The highest BCUT2D eigenvalue weighted by atomic mass is 14.9. The Bertz CT molecular complexity index is 793. The summed E-state index contributed by atoms with van der Waals surface area (Å²) < 4.78 is 2.19. The van der Waals surface area contributed by atoms with Crippen molar-refractivity contribution in [2.75, 3.05) is 0 Å². The molecule has 98 valence electrons. The standard InChI is InChI=1S/C17H15N3/c18-10-13-2-1-3-15(8-13)12-20-7-6-16-9-14(11-19)4-5-17(16)20/h1-9H,11-12,19H2. The lowest BCUT2D eigenvalue weighted by Gasteiger charge is -2.06. The second kappa shape index (κ2) is 5.20. The van der Waals surface area contributed by atoms with Crippen LogP contribution >= 0.6 is 0 Å². The summed E-state index contributed by atoms with van der Waals surface area (Å²) in [7, 11) is 0. The van der Waals surface area contributed by atoms with E-state index in [0.717, 1.165) is 17.7 Å². The number of nitriles is 1. The maximum atomic E-state index is 8.95. The fraction of sp³-hybridized carbons (Fsp3) is 0.118. The number of hydrogen-bond acceptors (Lipinski definition) is 2. The Hall–Kier alpha value is -2.57. The topological polar surface area (TPSA) is 54.7 Å². The molecule has 0 radical (unpaired) electrons. The van der Waals surface area contributed by atoms with Gasteiger partial charge in [0.25, 0.3) is 0 Å². The van der Waals surface area contributed by atoms with Crippen molar-refractivity contribution in [1.29, 1.82) is 5.26 Å². The van der Waals surface area contributed by atoms with Crippen molar-refractivity contribution in [3.05, 3.63) is 71.4 Å². The Kier molecular flexibility index (Phi) is 3.24. The molecule has 3 rings (SSSR count). The van der Waals surface area contributed by atoms with Crippen LogP contribution in [0.2, 0.25) is 0 Å². The Morgan fingerprint density at radius 3 is 2.75 bits per heavy atom. The third-order valence-corrected chi connectivity index (χ3v) is 3.48. The van der Waals surface area contributed by atoms with E-state index in [2.05, 4.69) is 41.1 Å². The van der Waals surface area contributed by atoms with Crippen LogP contribution in [0.15, 0.2) is 54.7 Å². The molecule has 1 aromatic heterocycles. The molecule has 0 spiro atoms. The molecule has 20 heavy (non-hydrogen) atoms. The predicted molar refractivity (Wildman–Crippen MR) is 80.1 cm³/mol. The second-order valence-electron chi connectivity index (χ2n) is 4.85. The molecule has 0 fully saturated rings. The summed E-state index contributed by atoms with van der Waals surface area (Å²) in [5.74, 6) is 0. The van der Waals surface area contributed by atoms with Gasteiger partial charge in [-0.2, -0.15) is 5.26 Å². The third kappa shape index (κ3) is 2.29. The number of benzene rings is 2. The molecule has 0 aliphatic heterocycles. The van der Waals surface area contributed by atoms with Gasteiger partial charge in [0.2, 0.25) is 0 Å². The van der Waals surface area contributed by atoms with E-state index in [1.807, 2.05) is 24.3 Å². The molecule has 0 atom stereocenters. The summed E-state index contributed by atoms with van der Waals surface area (Å²) in [6.45, 7) is 1.33. The number of hydrogen-bond donors (Lipinski definition) is 1. The van der Waals surface area contributed by atoms with Crippen molar-refractivity contribution in [2.24, 2.45) is 5.73 Å². The van der Waals surface area contributed by atoms with E-state index < -0.39 is 0 Å². The molecule has 0 aliphatic rings. The highest BCUT2D eigenvalue weighted by Gasteiger charge is 2.03. The largest absolute Gasteiger partial charge is 0.343 e. The van der Waals surface area contributed by atoms with E-state index in [9.17, 15) is 0 Å². The average Bonchev–Trinajstić information content (AvgIpc) is 2.89. The second-order valence-corrected chi connectivity index (χ2v) is 4.85. The van der Waals surface area contributed by atoms with Crippen LogP contribution in [0.1, 0.15) is 16.7 Å². The summed E-state index contributed by atoms with van der Waals surface area (Å²) in [5, 5.41) is 10.1. The van der Waals surface area contributed by atoms with Crippen molar-refractivity contribution < 1.29 is 0 Å². The number of nitrogens with zero attached hydrogens (tertiary/aromatic N) is 2. The molecule has 0 bridgehead atoms. The van der Waals surface area contributed by atoms with E-state index in [-0.39, 0.29) is 0 Å². The molecule has 3 aromatic rings. The van der Waals surface area contributed by atoms with Crippen LogP contribution in [0.25, 0.3) is 10.9 Å². The molecular weight excluding hydrogens is 246 g/mol. The van der Waals surface area contributed by atoms with Gasteiger partial charge in [-0.15, -0.1) is 0 Å². The summed E-state index contributed by atoms with van der Waals surface area (Å²) >= 11 is 0. The van der Waals surface area contributed by atoms with Crippen LogP contribution in [0.4, 0.5) is 0 Å². The van der Waals surface area contributed by atoms with Crippen molar-refractivity contribution in [2.45, 2.75) is 13.1 Å². The van der Waals surface area contributed by atoms with Gasteiger partial charge in [0.1, 0.15) is 0 Å².